The Labute approximate surface area is 133 Å². The number of carbonyl (C=O) groups excluding carboxylic acids is 1. The van der Waals surface area contributed by atoms with Gasteiger partial charge in [0.25, 0.3) is 0 Å². The number of nitrogens with one attached hydrogen (secondary N) is 1. The van der Waals surface area contributed by atoms with E-state index in [4.69, 9.17) is 0 Å². The van der Waals surface area contributed by atoms with E-state index in [-0.39, 0.29) is 11.7 Å². The summed E-state index contributed by atoms with van der Waals surface area (Å²) in [5, 5.41) is 7.02. The Hall–Kier alpha value is -2.95. The average Bonchev–Trinajstić information content (AvgIpc) is 3.07. The molecule has 0 spiro atoms. The quantitative estimate of drug-likeness (QED) is 0.795. The van der Waals surface area contributed by atoms with Crippen LogP contribution in [-0.2, 0) is 4.79 Å². The number of halogens is 1. The molecule has 1 aromatic heterocycles. The SMILES string of the molecule is C[C@H](C(=O)Nc1ccc(F)cc1)n1cc(-c2ccccc2)cn1. The Kier molecular flexibility index (Phi) is 4.19. The van der Waals surface area contributed by atoms with Crippen molar-refractivity contribution in [1.29, 1.82) is 0 Å². The second kappa shape index (κ2) is 6.44. The molecule has 5 heteroatoms. The lowest BCUT2D eigenvalue weighted by molar-refractivity contribution is -0.119. The van der Waals surface area contributed by atoms with Crippen LogP contribution in [-0.4, -0.2) is 15.7 Å². The summed E-state index contributed by atoms with van der Waals surface area (Å²) in [7, 11) is 0. The van der Waals surface area contributed by atoms with Crippen LogP contribution in [0.2, 0.25) is 0 Å². The molecule has 3 aromatic rings. The van der Waals surface area contributed by atoms with Crippen LogP contribution >= 0.6 is 0 Å². The fraction of sp³-hybridized carbons (Fsp3) is 0.111. The van der Waals surface area contributed by atoms with Crippen LogP contribution in [0.15, 0.2) is 67.0 Å². The van der Waals surface area contributed by atoms with E-state index in [1.807, 2.05) is 36.5 Å². The highest BCUT2D eigenvalue weighted by molar-refractivity contribution is 5.93. The summed E-state index contributed by atoms with van der Waals surface area (Å²) in [4.78, 5) is 12.3. The summed E-state index contributed by atoms with van der Waals surface area (Å²) in [5.74, 6) is -0.546. The van der Waals surface area contributed by atoms with Crippen molar-refractivity contribution in [3.63, 3.8) is 0 Å². The summed E-state index contributed by atoms with van der Waals surface area (Å²) >= 11 is 0. The van der Waals surface area contributed by atoms with Gasteiger partial charge in [-0.2, -0.15) is 5.10 Å². The first-order valence-electron chi connectivity index (χ1n) is 7.29. The van der Waals surface area contributed by atoms with Crippen molar-refractivity contribution in [3.05, 3.63) is 72.8 Å². The Morgan fingerprint density at radius 2 is 1.78 bits per heavy atom. The highest BCUT2D eigenvalue weighted by atomic mass is 19.1. The fourth-order valence-electron chi connectivity index (χ4n) is 2.23. The molecular formula is C18H16FN3O. The van der Waals surface area contributed by atoms with Gasteiger partial charge in [-0.15, -0.1) is 0 Å². The van der Waals surface area contributed by atoms with Crippen LogP contribution in [0.5, 0.6) is 0 Å². The van der Waals surface area contributed by atoms with Crippen molar-refractivity contribution in [3.8, 4) is 11.1 Å². The third-order valence-corrected chi connectivity index (χ3v) is 3.60. The van der Waals surface area contributed by atoms with E-state index in [1.165, 1.54) is 24.3 Å². The van der Waals surface area contributed by atoms with Crippen molar-refractivity contribution < 1.29 is 9.18 Å². The molecule has 0 saturated carbocycles. The van der Waals surface area contributed by atoms with Gasteiger partial charge in [0.1, 0.15) is 11.9 Å². The molecular weight excluding hydrogens is 293 g/mol. The third-order valence-electron chi connectivity index (χ3n) is 3.60. The normalized spacial score (nSPS) is 11.9. The predicted octanol–water partition coefficient (Wildman–Crippen LogP) is 3.89. The van der Waals surface area contributed by atoms with Crippen LogP contribution in [0.3, 0.4) is 0 Å². The van der Waals surface area contributed by atoms with Crippen LogP contribution < -0.4 is 5.32 Å². The number of anilines is 1. The summed E-state index contributed by atoms with van der Waals surface area (Å²) in [5.41, 5.74) is 2.55. The molecule has 0 aliphatic carbocycles. The van der Waals surface area contributed by atoms with Crippen molar-refractivity contribution in [2.24, 2.45) is 0 Å². The Balaban J connectivity index is 1.72. The van der Waals surface area contributed by atoms with Crippen molar-refractivity contribution >= 4 is 11.6 Å². The van der Waals surface area contributed by atoms with Crippen molar-refractivity contribution in [2.45, 2.75) is 13.0 Å². The number of amides is 1. The van der Waals surface area contributed by atoms with Gasteiger partial charge in [-0.1, -0.05) is 30.3 Å². The molecule has 1 atom stereocenters. The van der Waals surface area contributed by atoms with E-state index in [0.29, 0.717) is 5.69 Å². The Morgan fingerprint density at radius 1 is 1.09 bits per heavy atom. The van der Waals surface area contributed by atoms with E-state index in [9.17, 15) is 9.18 Å². The zero-order valence-electron chi connectivity index (χ0n) is 12.6. The van der Waals surface area contributed by atoms with Gasteiger partial charge in [0.05, 0.1) is 6.20 Å². The van der Waals surface area contributed by atoms with E-state index >= 15 is 0 Å². The number of hydrogen-bond acceptors (Lipinski definition) is 2. The lowest BCUT2D eigenvalue weighted by Crippen LogP contribution is -2.23. The van der Waals surface area contributed by atoms with E-state index < -0.39 is 6.04 Å². The van der Waals surface area contributed by atoms with Crippen LogP contribution in [0.25, 0.3) is 11.1 Å². The first kappa shape index (κ1) is 15.0. The summed E-state index contributed by atoms with van der Waals surface area (Å²) in [6.07, 6.45) is 3.57. The maximum Gasteiger partial charge on any atom is 0.248 e. The molecule has 1 amide bonds. The molecule has 0 radical (unpaired) electrons. The van der Waals surface area contributed by atoms with Gasteiger partial charge in [-0.05, 0) is 36.8 Å². The number of benzene rings is 2. The number of carbonyl (C=O) groups is 1. The van der Waals surface area contributed by atoms with Crippen molar-refractivity contribution in [1.82, 2.24) is 9.78 Å². The number of rotatable bonds is 4. The third kappa shape index (κ3) is 3.45. The number of aromatic nitrogens is 2. The van der Waals surface area contributed by atoms with Gasteiger partial charge < -0.3 is 5.32 Å². The highest BCUT2D eigenvalue weighted by Crippen LogP contribution is 2.20. The van der Waals surface area contributed by atoms with Gasteiger partial charge in [0.15, 0.2) is 0 Å². The van der Waals surface area contributed by atoms with Gasteiger partial charge in [-0.3, -0.25) is 9.48 Å². The molecule has 1 N–H and O–H groups in total. The zero-order valence-corrected chi connectivity index (χ0v) is 12.6. The number of hydrogen-bond donors (Lipinski definition) is 1. The lowest BCUT2D eigenvalue weighted by atomic mass is 10.1. The summed E-state index contributed by atoms with van der Waals surface area (Å²) in [6.45, 7) is 1.76. The largest absolute Gasteiger partial charge is 0.324 e. The summed E-state index contributed by atoms with van der Waals surface area (Å²) in [6, 6.07) is 15.0. The maximum absolute atomic E-state index is 12.9. The standard InChI is InChI=1S/C18H16FN3O/c1-13(18(23)21-17-9-7-16(19)8-10-17)22-12-15(11-20-22)14-5-3-2-4-6-14/h2-13H,1H3,(H,21,23)/t13-/m1/s1. The van der Waals surface area contributed by atoms with Gasteiger partial charge in [-0.25, -0.2) is 4.39 Å². The second-order valence-corrected chi connectivity index (χ2v) is 5.25. The molecule has 0 aliphatic rings. The average molecular weight is 309 g/mol. The predicted molar refractivity (Wildman–Crippen MR) is 87.4 cm³/mol. The van der Waals surface area contributed by atoms with Crippen LogP contribution in [0.1, 0.15) is 13.0 Å². The smallest absolute Gasteiger partial charge is 0.248 e. The van der Waals surface area contributed by atoms with Crippen LogP contribution in [0.4, 0.5) is 10.1 Å². The minimum absolute atomic E-state index is 0.209. The highest BCUT2D eigenvalue weighted by Gasteiger charge is 2.16. The molecule has 1 heterocycles. The molecule has 0 fully saturated rings. The minimum Gasteiger partial charge on any atom is -0.324 e. The molecule has 2 aromatic carbocycles. The molecule has 23 heavy (non-hydrogen) atoms. The van der Waals surface area contributed by atoms with Gasteiger partial charge >= 0.3 is 0 Å². The topological polar surface area (TPSA) is 46.9 Å². The molecule has 0 aliphatic heterocycles. The van der Waals surface area contributed by atoms with Gasteiger partial charge in [0, 0.05) is 17.4 Å². The minimum atomic E-state index is -0.475. The fourth-order valence-corrected chi connectivity index (χ4v) is 2.23. The molecule has 0 bridgehead atoms. The van der Waals surface area contributed by atoms with Crippen molar-refractivity contribution in [2.75, 3.05) is 5.32 Å². The van der Waals surface area contributed by atoms with E-state index in [2.05, 4.69) is 10.4 Å². The molecule has 0 saturated heterocycles. The van der Waals surface area contributed by atoms with Gasteiger partial charge in [0.2, 0.25) is 5.91 Å². The molecule has 3 rings (SSSR count). The zero-order chi connectivity index (χ0) is 16.2. The van der Waals surface area contributed by atoms with Crippen LogP contribution in [0, 0.1) is 5.82 Å². The Morgan fingerprint density at radius 3 is 2.48 bits per heavy atom. The molecule has 4 nitrogen and oxygen atoms in total. The monoisotopic (exact) mass is 309 g/mol. The molecule has 0 unspecified atom stereocenters. The van der Waals surface area contributed by atoms with E-state index in [0.717, 1.165) is 11.1 Å². The maximum atomic E-state index is 12.9. The molecule has 116 valence electrons. The second-order valence-electron chi connectivity index (χ2n) is 5.25. The Bertz CT molecular complexity index is 797. The van der Waals surface area contributed by atoms with E-state index in [1.54, 1.807) is 17.8 Å². The summed E-state index contributed by atoms with van der Waals surface area (Å²) < 4.78 is 14.5. The first-order valence-corrected chi connectivity index (χ1v) is 7.29. The lowest BCUT2D eigenvalue weighted by Gasteiger charge is -2.12. The number of nitrogens with zero attached hydrogens (tertiary/aromatic N) is 2. The first-order chi connectivity index (χ1) is 11.1.